The average molecular weight is 561 g/mol. The normalized spacial score (nSPS) is 11.9. The van der Waals surface area contributed by atoms with Gasteiger partial charge in [0, 0.05) is 37.1 Å². The fourth-order valence-electron chi connectivity index (χ4n) is 4.52. The van der Waals surface area contributed by atoms with Crippen LogP contribution in [0.5, 0.6) is 0 Å². The second kappa shape index (κ2) is 18.1. The van der Waals surface area contributed by atoms with Crippen LogP contribution in [0.2, 0.25) is 0 Å². The fraction of sp³-hybridized carbons (Fsp3) is 0.432. The number of hydrogen-bond acceptors (Lipinski definition) is 2. The van der Waals surface area contributed by atoms with Crippen LogP contribution in [0.3, 0.4) is 0 Å². The highest BCUT2D eigenvalue weighted by molar-refractivity contribution is 5.90. The van der Waals surface area contributed by atoms with Crippen molar-refractivity contribution in [1.82, 2.24) is 9.55 Å². The van der Waals surface area contributed by atoms with Gasteiger partial charge in [0.15, 0.2) is 0 Å². The van der Waals surface area contributed by atoms with Gasteiger partial charge in [-0.1, -0.05) is 73.1 Å². The number of fused-ring (bicyclic) bond motifs is 3. The van der Waals surface area contributed by atoms with Crippen LogP contribution in [0.25, 0.3) is 22.0 Å². The number of pyridine rings is 1. The van der Waals surface area contributed by atoms with Crippen LogP contribution in [0.4, 0.5) is 4.39 Å². The highest BCUT2D eigenvalue weighted by atomic mass is 19.1. The molecule has 3 aromatic rings. The van der Waals surface area contributed by atoms with Gasteiger partial charge >= 0.3 is 0 Å². The van der Waals surface area contributed by atoms with E-state index in [0.29, 0.717) is 23.9 Å². The highest BCUT2D eigenvalue weighted by Crippen LogP contribution is 2.34. The molecule has 1 aliphatic rings. The Bertz CT molecular complexity index is 1330. The van der Waals surface area contributed by atoms with E-state index in [4.69, 9.17) is 4.74 Å². The summed E-state index contributed by atoms with van der Waals surface area (Å²) in [5.41, 5.74) is 9.64. The zero-order valence-electron chi connectivity index (χ0n) is 27.3. The Kier molecular flexibility index (Phi) is 15.7. The highest BCUT2D eigenvalue weighted by Gasteiger charge is 2.18. The Hall–Kier alpha value is -3.40. The topological polar surface area (TPSA) is 27.1 Å². The lowest BCUT2D eigenvalue weighted by molar-refractivity contribution is 0.169. The third-order valence-electron chi connectivity index (χ3n) is 7.01. The lowest BCUT2D eigenvalue weighted by atomic mass is 9.97. The Labute approximate surface area is 249 Å². The second-order valence-corrected chi connectivity index (χ2v) is 10.2. The van der Waals surface area contributed by atoms with Crippen molar-refractivity contribution in [2.24, 2.45) is 13.0 Å². The van der Waals surface area contributed by atoms with Crippen LogP contribution in [-0.2, 0) is 24.6 Å². The summed E-state index contributed by atoms with van der Waals surface area (Å²) in [5.74, 6) is 0.781. The van der Waals surface area contributed by atoms with Gasteiger partial charge in [0.1, 0.15) is 11.6 Å². The minimum Gasteiger partial charge on any atom is -0.493 e. The van der Waals surface area contributed by atoms with Crippen molar-refractivity contribution in [3.05, 3.63) is 102 Å². The smallest absolute Gasteiger partial charge is 0.125 e. The molecule has 2 aromatic heterocycles. The molecule has 0 radical (unpaired) electrons. The number of aromatic nitrogens is 2. The summed E-state index contributed by atoms with van der Waals surface area (Å²) in [6, 6.07) is 6.69. The predicted molar refractivity (Wildman–Crippen MR) is 178 cm³/mol. The third-order valence-corrected chi connectivity index (χ3v) is 7.01. The van der Waals surface area contributed by atoms with Crippen LogP contribution in [-0.4, -0.2) is 16.2 Å². The molecule has 41 heavy (non-hydrogen) atoms. The molecular weight excluding hydrogens is 507 g/mol. The molecule has 4 heteroatoms. The average Bonchev–Trinajstić information content (AvgIpc) is 3.59. The molecule has 2 heterocycles. The number of aryl methyl sites for hydroxylation is 2. The summed E-state index contributed by atoms with van der Waals surface area (Å²) in [6.07, 6.45) is 13.3. The van der Waals surface area contributed by atoms with Gasteiger partial charge in [-0.25, -0.2) is 4.39 Å². The third kappa shape index (κ3) is 10.2. The summed E-state index contributed by atoms with van der Waals surface area (Å²) in [4.78, 5) is 4.64. The number of benzene rings is 1. The van der Waals surface area contributed by atoms with Crippen LogP contribution in [0, 0.1) is 12.8 Å². The molecule has 0 fully saturated rings. The van der Waals surface area contributed by atoms with E-state index in [9.17, 15) is 4.39 Å². The van der Waals surface area contributed by atoms with Crippen LogP contribution < -0.4 is 0 Å². The van der Waals surface area contributed by atoms with Gasteiger partial charge in [-0.3, -0.25) is 4.98 Å². The maximum absolute atomic E-state index is 13.3. The molecule has 0 aliphatic heterocycles. The first kappa shape index (κ1) is 35.6. The van der Waals surface area contributed by atoms with E-state index in [0.717, 1.165) is 31.2 Å². The molecule has 1 aromatic carbocycles. The first-order chi connectivity index (χ1) is 19.7. The number of hydrogen-bond donors (Lipinski definition) is 0. The summed E-state index contributed by atoms with van der Waals surface area (Å²) >= 11 is 0. The number of rotatable bonds is 8. The molecule has 0 unspecified atom stereocenters. The minimum absolute atomic E-state index is 0.251. The molecule has 0 N–H and O–H groups in total. The van der Waals surface area contributed by atoms with E-state index in [1.807, 2.05) is 33.9 Å². The molecular formula is C37H53FN2O. The van der Waals surface area contributed by atoms with E-state index in [2.05, 4.69) is 81.1 Å². The van der Waals surface area contributed by atoms with E-state index < -0.39 is 0 Å². The van der Waals surface area contributed by atoms with Crippen molar-refractivity contribution < 1.29 is 9.13 Å². The molecule has 3 nitrogen and oxygen atoms in total. The summed E-state index contributed by atoms with van der Waals surface area (Å²) < 4.78 is 20.9. The molecule has 1 aliphatic carbocycles. The lowest BCUT2D eigenvalue weighted by Gasteiger charge is -2.14. The van der Waals surface area contributed by atoms with Gasteiger partial charge in [0.05, 0.1) is 12.1 Å². The summed E-state index contributed by atoms with van der Waals surface area (Å²) in [7, 11) is 2.06. The lowest BCUT2D eigenvalue weighted by Crippen LogP contribution is -2.06. The number of ether oxygens (including phenoxy) is 1. The molecule has 4 rings (SSSR count). The molecule has 0 atom stereocenters. The van der Waals surface area contributed by atoms with Gasteiger partial charge in [0.25, 0.3) is 0 Å². The maximum atomic E-state index is 13.3. The summed E-state index contributed by atoms with van der Waals surface area (Å²) in [5, 5.41) is 1.29. The van der Waals surface area contributed by atoms with Crippen molar-refractivity contribution in [2.75, 3.05) is 6.61 Å². The van der Waals surface area contributed by atoms with Crippen molar-refractivity contribution >= 4 is 10.9 Å². The first-order valence-electron chi connectivity index (χ1n) is 15.2. The van der Waals surface area contributed by atoms with Crippen LogP contribution in [0.15, 0.2) is 84.8 Å². The molecule has 0 saturated carbocycles. The summed E-state index contributed by atoms with van der Waals surface area (Å²) in [6.45, 7) is 26.3. The predicted octanol–water partition coefficient (Wildman–Crippen LogP) is 11.0. The van der Waals surface area contributed by atoms with Gasteiger partial charge < -0.3 is 9.30 Å². The number of nitrogens with zero attached hydrogens (tertiary/aromatic N) is 2. The minimum atomic E-state index is -0.251. The Morgan fingerprint density at radius 1 is 1.12 bits per heavy atom. The van der Waals surface area contributed by atoms with E-state index >= 15 is 0 Å². The zero-order chi connectivity index (χ0) is 31.1. The maximum Gasteiger partial charge on any atom is 0.125 e. The molecule has 0 bridgehead atoms. The van der Waals surface area contributed by atoms with Gasteiger partial charge in [0.2, 0.25) is 0 Å². The van der Waals surface area contributed by atoms with Crippen molar-refractivity contribution in [3.63, 3.8) is 0 Å². The molecule has 0 amide bonds. The monoisotopic (exact) mass is 560 g/mol. The first-order valence-corrected chi connectivity index (χ1v) is 15.2. The van der Waals surface area contributed by atoms with E-state index in [-0.39, 0.29) is 5.83 Å². The van der Waals surface area contributed by atoms with Crippen LogP contribution >= 0.6 is 0 Å². The quantitative estimate of drug-likeness (QED) is 0.156. The van der Waals surface area contributed by atoms with Gasteiger partial charge in [-0.05, 0) is 97.2 Å². The number of allylic oxidation sites excluding steroid dienone is 5. The molecule has 224 valence electrons. The van der Waals surface area contributed by atoms with E-state index in [1.165, 1.54) is 44.9 Å². The van der Waals surface area contributed by atoms with Gasteiger partial charge in [-0.2, -0.15) is 0 Å². The zero-order valence-corrected chi connectivity index (χ0v) is 27.3. The van der Waals surface area contributed by atoms with E-state index in [1.54, 1.807) is 19.9 Å². The number of halogens is 1. The van der Waals surface area contributed by atoms with Crippen molar-refractivity contribution in [1.29, 1.82) is 0 Å². The SMILES string of the molecule is C=C/C(=C\C(F)=C(C)C)OCC(CC)CC.C=C1Cc2cnc3cc(C)c(-c4ccn(C)c4)cc3c2C1.CC.CC. The standard InChI is InChI=1S/C19H18N2.C14H23FO.2C2H6/c1-12-6-15-10-20-19-8-13(2)16(9-18(19)17(15)7-12)14-4-5-21(3)11-14;1-6-12(7-2)10-16-13(8-3)9-14(15)11(4)5;2*1-2/h4-5,8-11H,1,6-7H2,2-3H3;8-9,12H,3,6-7,10H2,1-2,4-5H3;2*1-2H3/b;13-9+;;. The Balaban J connectivity index is 0.000000380. The fourth-order valence-corrected chi connectivity index (χ4v) is 4.52. The van der Waals surface area contributed by atoms with Crippen molar-refractivity contribution in [3.8, 4) is 11.1 Å². The van der Waals surface area contributed by atoms with Crippen molar-refractivity contribution in [2.45, 2.75) is 88.0 Å². The van der Waals surface area contributed by atoms with Crippen LogP contribution in [0.1, 0.15) is 84.9 Å². The Morgan fingerprint density at radius 2 is 1.78 bits per heavy atom. The second-order valence-electron chi connectivity index (χ2n) is 10.2. The molecule has 0 spiro atoms. The molecule has 0 saturated heterocycles. The largest absolute Gasteiger partial charge is 0.493 e. The Morgan fingerprint density at radius 3 is 2.32 bits per heavy atom. The van der Waals surface area contributed by atoms with Gasteiger partial charge in [-0.15, -0.1) is 0 Å².